The van der Waals surface area contributed by atoms with E-state index in [2.05, 4.69) is 43.4 Å². The van der Waals surface area contributed by atoms with Gasteiger partial charge in [-0.3, -0.25) is 0 Å². The Kier molecular flexibility index (Phi) is 4.58. The van der Waals surface area contributed by atoms with E-state index in [1.807, 2.05) is 25.2 Å². The molecule has 2 aromatic carbocycles. The van der Waals surface area contributed by atoms with Gasteiger partial charge in [-0.25, -0.2) is 0 Å². The van der Waals surface area contributed by atoms with Crippen LogP contribution in [0.15, 0.2) is 42.5 Å². The van der Waals surface area contributed by atoms with Crippen LogP contribution >= 0.6 is 0 Å². The van der Waals surface area contributed by atoms with E-state index in [9.17, 15) is 0 Å². The third-order valence-electron chi connectivity index (χ3n) is 3.31. The summed E-state index contributed by atoms with van der Waals surface area (Å²) in [5.74, 6) is 0.954. The topological polar surface area (TPSA) is 21.3 Å². The number of hydrogen-bond donors (Lipinski definition) is 1. The normalized spacial score (nSPS) is 10.5. The van der Waals surface area contributed by atoms with Gasteiger partial charge in [0.15, 0.2) is 0 Å². The number of ether oxygens (including phenoxy) is 1. The van der Waals surface area contributed by atoms with Gasteiger partial charge >= 0.3 is 0 Å². The van der Waals surface area contributed by atoms with Crippen molar-refractivity contribution in [3.8, 4) is 5.75 Å². The average Bonchev–Trinajstić information content (AvgIpc) is 2.42. The molecule has 0 aromatic heterocycles. The highest BCUT2D eigenvalue weighted by atomic mass is 16.5. The molecule has 1 N–H and O–H groups in total. The molecule has 0 spiro atoms. The van der Waals surface area contributed by atoms with Crippen molar-refractivity contribution in [3.05, 3.63) is 64.7 Å². The van der Waals surface area contributed by atoms with Crippen molar-refractivity contribution in [2.75, 3.05) is 7.05 Å². The Balaban J connectivity index is 2.07. The fraction of sp³-hybridized carbons (Fsp3) is 0.294. The first-order valence-electron chi connectivity index (χ1n) is 6.62. The highest BCUT2D eigenvalue weighted by Gasteiger charge is 2.03. The summed E-state index contributed by atoms with van der Waals surface area (Å²) in [4.78, 5) is 0. The summed E-state index contributed by atoms with van der Waals surface area (Å²) < 4.78 is 5.93. The summed E-state index contributed by atoms with van der Waals surface area (Å²) in [6, 6.07) is 14.6. The Morgan fingerprint density at radius 1 is 1.00 bits per heavy atom. The summed E-state index contributed by atoms with van der Waals surface area (Å²) in [6.07, 6.45) is 0. The van der Waals surface area contributed by atoms with Crippen molar-refractivity contribution in [1.29, 1.82) is 0 Å². The van der Waals surface area contributed by atoms with Gasteiger partial charge in [-0.2, -0.15) is 0 Å². The van der Waals surface area contributed by atoms with Crippen LogP contribution in [-0.2, 0) is 13.2 Å². The Hall–Kier alpha value is -1.80. The molecule has 0 atom stereocenters. The average molecular weight is 255 g/mol. The van der Waals surface area contributed by atoms with Gasteiger partial charge in [0.05, 0.1) is 0 Å². The van der Waals surface area contributed by atoms with Gasteiger partial charge < -0.3 is 10.1 Å². The zero-order chi connectivity index (χ0) is 13.7. The van der Waals surface area contributed by atoms with Gasteiger partial charge in [0.1, 0.15) is 12.4 Å². The predicted octanol–water partition coefficient (Wildman–Crippen LogP) is 3.60. The van der Waals surface area contributed by atoms with Crippen molar-refractivity contribution in [1.82, 2.24) is 5.32 Å². The van der Waals surface area contributed by atoms with Crippen molar-refractivity contribution in [2.45, 2.75) is 27.0 Å². The third-order valence-corrected chi connectivity index (χ3v) is 3.31. The van der Waals surface area contributed by atoms with E-state index < -0.39 is 0 Å². The summed E-state index contributed by atoms with van der Waals surface area (Å²) in [7, 11) is 1.94. The molecule has 2 aromatic rings. The second-order valence-electron chi connectivity index (χ2n) is 4.85. The van der Waals surface area contributed by atoms with Crippen LogP contribution in [0.4, 0.5) is 0 Å². The highest BCUT2D eigenvalue weighted by Crippen LogP contribution is 2.19. The van der Waals surface area contributed by atoms with Gasteiger partial charge in [-0.15, -0.1) is 0 Å². The van der Waals surface area contributed by atoms with Crippen LogP contribution in [0.1, 0.15) is 22.3 Å². The lowest BCUT2D eigenvalue weighted by Crippen LogP contribution is -2.07. The second-order valence-corrected chi connectivity index (χ2v) is 4.85. The quantitative estimate of drug-likeness (QED) is 0.881. The van der Waals surface area contributed by atoms with Gasteiger partial charge in [0.25, 0.3) is 0 Å². The van der Waals surface area contributed by atoms with Crippen LogP contribution in [0, 0.1) is 13.8 Å². The Labute approximate surface area is 115 Å². The molecule has 2 nitrogen and oxygen atoms in total. The molecule has 0 amide bonds. The molecule has 0 saturated carbocycles. The van der Waals surface area contributed by atoms with Crippen LogP contribution in [-0.4, -0.2) is 7.05 Å². The number of para-hydroxylation sites is 1. The highest BCUT2D eigenvalue weighted by molar-refractivity contribution is 5.34. The van der Waals surface area contributed by atoms with E-state index in [1.54, 1.807) is 0 Å². The number of aryl methyl sites for hydroxylation is 2. The third kappa shape index (κ3) is 3.58. The molecule has 0 aliphatic heterocycles. The van der Waals surface area contributed by atoms with Crippen molar-refractivity contribution >= 4 is 0 Å². The summed E-state index contributed by atoms with van der Waals surface area (Å²) in [6.45, 7) is 5.70. The lowest BCUT2D eigenvalue weighted by Gasteiger charge is -2.12. The van der Waals surface area contributed by atoms with Crippen LogP contribution in [0.5, 0.6) is 5.75 Å². The molecular weight excluding hydrogens is 234 g/mol. The van der Waals surface area contributed by atoms with Crippen LogP contribution < -0.4 is 10.1 Å². The molecule has 0 unspecified atom stereocenters. The minimum absolute atomic E-state index is 0.613. The molecule has 0 aliphatic rings. The molecule has 0 fully saturated rings. The largest absolute Gasteiger partial charge is 0.489 e. The predicted molar refractivity (Wildman–Crippen MR) is 79.5 cm³/mol. The summed E-state index contributed by atoms with van der Waals surface area (Å²) in [5.41, 5.74) is 5.03. The van der Waals surface area contributed by atoms with Crippen LogP contribution in [0.2, 0.25) is 0 Å². The van der Waals surface area contributed by atoms with E-state index in [-0.39, 0.29) is 0 Å². The van der Waals surface area contributed by atoms with E-state index in [1.165, 1.54) is 22.3 Å². The Morgan fingerprint density at radius 2 is 1.79 bits per heavy atom. The molecule has 0 radical (unpaired) electrons. The maximum atomic E-state index is 5.93. The maximum absolute atomic E-state index is 5.93. The van der Waals surface area contributed by atoms with Crippen molar-refractivity contribution in [2.24, 2.45) is 0 Å². The van der Waals surface area contributed by atoms with Gasteiger partial charge in [0, 0.05) is 12.1 Å². The molecule has 0 heterocycles. The van der Waals surface area contributed by atoms with Crippen molar-refractivity contribution < 1.29 is 4.74 Å². The molecule has 2 rings (SSSR count). The first-order valence-corrected chi connectivity index (χ1v) is 6.62. The van der Waals surface area contributed by atoms with E-state index in [4.69, 9.17) is 4.74 Å². The number of nitrogens with one attached hydrogen (secondary N) is 1. The molecule has 0 aliphatic carbocycles. The standard InChI is InChI=1S/C17H21NO/c1-13-8-9-15(10-14(13)2)12-19-17-7-5-4-6-16(17)11-18-3/h4-10,18H,11-12H2,1-3H3. The maximum Gasteiger partial charge on any atom is 0.124 e. The monoisotopic (exact) mass is 255 g/mol. The minimum Gasteiger partial charge on any atom is -0.489 e. The lowest BCUT2D eigenvalue weighted by atomic mass is 10.1. The minimum atomic E-state index is 0.613. The second kappa shape index (κ2) is 6.39. The van der Waals surface area contributed by atoms with Crippen LogP contribution in [0.25, 0.3) is 0 Å². The molecular formula is C17H21NO. The zero-order valence-electron chi connectivity index (χ0n) is 11.9. The first-order chi connectivity index (χ1) is 9.20. The molecule has 100 valence electrons. The number of benzene rings is 2. The lowest BCUT2D eigenvalue weighted by molar-refractivity contribution is 0.302. The summed E-state index contributed by atoms with van der Waals surface area (Å²) >= 11 is 0. The van der Waals surface area contributed by atoms with E-state index in [0.717, 1.165) is 12.3 Å². The first kappa shape index (κ1) is 13.6. The molecule has 2 heteroatoms. The fourth-order valence-electron chi connectivity index (χ4n) is 2.04. The Morgan fingerprint density at radius 3 is 2.53 bits per heavy atom. The van der Waals surface area contributed by atoms with Gasteiger partial charge in [-0.1, -0.05) is 36.4 Å². The molecule has 19 heavy (non-hydrogen) atoms. The van der Waals surface area contributed by atoms with Crippen LogP contribution in [0.3, 0.4) is 0 Å². The van der Waals surface area contributed by atoms with Gasteiger partial charge in [-0.05, 0) is 43.7 Å². The van der Waals surface area contributed by atoms with Crippen molar-refractivity contribution in [3.63, 3.8) is 0 Å². The van der Waals surface area contributed by atoms with Gasteiger partial charge in [0.2, 0.25) is 0 Å². The number of rotatable bonds is 5. The number of hydrogen-bond acceptors (Lipinski definition) is 2. The SMILES string of the molecule is CNCc1ccccc1OCc1ccc(C)c(C)c1. The summed E-state index contributed by atoms with van der Waals surface area (Å²) in [5, 5.41) is 3.16. The smallest absolute Gasteiger partial charge is 0.124 e. The Bertz CT molecular complexity index is 549. The van der Waals surface area contributed by atoms with E-state index >= 15 is 0 Å². The molecule has 0 bridgehead atoms. The fourth-order valence-corrected chi connectivity index (χ4v) is 2.04. The zero-order valence-corrected chi connectivity index (χ0v) is 11.9. The molecule has 0 saturated heterocycles. The van der Waals surface area contributed by atoms with E-state index in [0.29, 0.717) is 6.61 Å².